The van der Waals surface area contributed by atoms with Gasteiger partial charge in [0.2, 0.25) is 6.33 Å². The smallest absolute Gasteiger partial charge is 0.243 e. The maximum atomic E-state index is 10.2. The van der Waals surface area contributed by atoms with E-state index >= 15 is 0 Å². The van der Waals surface area contributed by atoms with E-state index in [1.54, 1.807) is 0 Å². The molecule has 0 aliphatic heterocycles. The summed E-state index contributed by atoms with van der Waals surface area (Å²) in [7, 11) is 0. The molecule has 0 fully saturated rings. The van der Waals surface area contributed by atoms with Crippen LogP contribution in [-0.4, -0.2) is 10.5 Å². The summed E-state index contributed by atoms with van der Waals surface area (Å²) in [6.45, 7) is 4.23. The predicted molar refractivity (Wildman–Crippen MR) is 63.0 cm³/mol. The molecule has 1 aromatic heterocycles. The number of carboxylic acids is 1. The zero-order valence-electron chi connectivity index (χ0n) is 10.6. The van der Waals surface area contributed by atoms with E-state index in [1.165, 1.54) is 12.8 Å². The van der Waals surface area contributed by atoms with Crippen molar-refractivity contribution < 1.29 is 14.5 Å². The summed E-state index contributed by atoms with van der Waals surface area (Å²) in [6.07, 6.45) is 11.6. The second-order valence-corrected chi connectivity index (χ2v) is 4.43. The highest BCUT2D eigenvalue weighted by atomic mass is 16.4. The van der Waals surface area contributed by atoms with Crippen LogP contribution in [-0.2, 0) is 17.9 Å². The molecule has 1 rings (SSSR count). The second-order valence-electron chi connectivity index (χ2n) is 4.43. The number of hydrogen-bond donors (Lipinski definition) is 0. The van der Waals surface area contributed by atoms with E-state index < -0.39 is 5.97 Å². The number of carbonyl (C=O) groups excluding carboxylic acids is 1. The van der Waals surface area contributed by atoms with Gasteiger partial charge >= 0.3 is 0 Å². The molecule has 0 unspecified atom stereocenters. The Morgan fingerprint density at radius 2 is 2.12 bits per heavy atom. The zero-order chi connectivity index (χ0) is 12.5. The van der Waals surface area contributed by atoms with E-state index in [9.17, 15) is 9.90 Å². The van der Waals surface area contributed by atoms with Crippen molar-refractivity contribution >= 4 is 5.97 Å². The van der Waals surface area contributed by atoms with Gasteiger partial charge in [-0.1, -0.05) is 13.3 Å². The Morgan fingerprint density at radius 1 is 1.29 bits per heavy atom. The lowest BCUT2D eigenvalue weighted by molar-refractivity contribution is -0.696. The van der Waals surface area contributed by atoms with Crippen molar-refractivity contribution in [3.63, 3.8) is 0 Å². The van der Waals surface area contributed by atoms with Crippen LogP contribution in [0, 0.1) is 0 Å². The van der Waals surface area contributed by atoms with Gasteiger partial charge in [-0.3, -0.25) is 0 Å². The van der Waals surface area contributed by atoms with Crippen LogP contribution in [0.2, 0.25) is 0 Å². The Morgan fingerprint density at radius 3 is 2.82 bits per heavy atom. The molecule has 0 atom stereocenters. The first-order valence-corrected chi connectivity index (χ1v) is 6.47. The summed E-state index contributed by atoms with van der Waals surface area (Å²) >= 11 is 0. The van der Waals surface area contributed by atoms with E-state index in [0.29, 0.717) is 0 Å². The number of rotatable bonds is 9. The molecule has 96 valence electrons. The summed E-state index contributed by atoms with van der Waals surface area (Å²) in [4.78, 5) is 10.2. The fraction of sp³-hybridized carbons (Fsp3) is 0.692. The van der Waals surface area contributed by atoms with Crippen molar-refractivity contribution in [2.75, 3.05) is 0 Å². The maximum Gasteiger partial charge on any atom is 0.243 e. The summed E-state index contributed by atoms with van der Waals surface area (Å²) in [6, 6.07) is 0. The Kier molecular flexibility index (Phi) is 6.37. The van der Waals surface area contributed by atoms with Gasteiger partial charge in [0.15, 0.2) is 0 Å². The molecule has 1 heterocycles. The highest BCUT2D eigenvalue weighted by Gasteiger charge is 2.02. The van der Waals surface area contributed by atoms with Gasteiger partial charge in [0.1, 0.15) is 12.4 Å². The third kappa shape index (κ3) is 6.09. The first-order valence-electron chi connectivity index (χ1n) is 6.47. The fourth-order valence-electron chi connectivity index (χ4n) is 1.78. The molecule has 4 heteroatoms. The normalized spacial score (nSPS) is 10.6. The van der Waals surface area contributed by atoms with E-state index in [-0.39, 0.29) is 6.42 Å². The molecule has 0 saturated heterocycles. The molecular formula is C13H22N2O2. The van der Waals surface area contributed by atoms with Gasteiger partial charge in [0.25, 0.3) is 0 Å². The van der Waals surface area contributed by atoms with E-state index in [2.05, 4.69) is 34.8 Å². The van der Waals surface area contributed by atoms with Crippen molar-refractivity contribution in [3.8, 4) is 0 Å². The second kappa shape index (κ2) is 7.87. The largest absolute Gasteiger partial charge is 0.550 e. The average Bonchev–Trinajstić information content (AvgIpc) is 2.73. The monoisotopic (exact) mass is 238 g/mol. The number of aliphatic carboxylic acids is 1. The number of aromatic nitrogens is 2. The van der Waals surface area contributed by atoms with Crippen LogP contribution in [0.4, 0.5) is 0 Å². The van der Waals surface area contributed by atoms with Crippen molar-refractivity contribution in [2.45, 2.75) is 58.5 Å². The molecule has 0 N–H and O–H groups in total. The summed E-state index contributed by atoms with van der Waals surface area (Å²) in [5.41, 5.74) is 0. The zero-order valence-corrected chi connectivity index (χ0v) is 10.6. The maximum absolute atomic E-state index is 10.2. The van der Waals surface area contributed by atoms with Crippen LogP contribution >= 0.6 is 0 Å². The van der Waals surface area contributed by atoms with Crippen LogP contribution in [0.15, 0.2) is 18.7 Å². The molecule has 0 bridgehead atoms. The molecule has 0 aromatic carbocycles. The number of hydrogen-bond acceptors (Lipinski definition) is 2. The summed E-state index contributed by atoms with van der Waals surface area (Å²) in [5.74, 6) is -0.941. The number of nitrogens with zero attached hydrogens (tertiary/aromatic N) is 2. The van der Waals surface area contributed by atoms with Gasteiger partial charge in [-0.05, 0) is 32.1 Å². The van der Waals surface area contributed by atoms with E-state index in [1.807, 2.05) is 0 Å². The van der Waals surface area contributed by atoms with Gasteiger partial charge in [0, 0.05) is 5.97 Å². The molecule has 0 saturated carbocycles. The quantitative estimate of drug-likeness (QED) is 0.474. The van der Waals surface area contributed by atoms with Crippen LogP contribution in [0.1, 0.15) is 45.4 Å². The molecule has 0 radical (unpaired) electrons. The third-order valence-corrected chi connectivity index (χ3v) is 2.81. The first kappa shape index (κ1) is 13.7. The number of imidazole rings is 1. The molecule has 0 spiro atoms. The molecule has 1 aromatic rings. The summed E-state index contributed by atoms with van der Waals surface area (Å²) < 4.78 is 4.36. The number of aryl methyl sites for hydroxylation is 2. The highest BCUT2D eigenvalue weighted by molar-refractivity contribution is 5.63. The fourth-order valence-corrected chi connectivity index (χ4v) is 1.78. The van der Waals surface area contributed by atoms with Gasteiger partial charge in [0.05, 0.1) is 13.1 Å². The van der Waals surface area contributed by atoms with Crippen molar-refractivity contribution in [2.24, 2.45) is 0 Å². The van der Waals surface area contributed by atoms with Crippen LogP contribution < -0.4 is 9.67 Å². The number of unbranched alkanes of at least 4 members (excludes halogenated alkanes) is 3. The minimum Gasteiger partial charge on any atom is -0.550 e. The standard InChI is InChI=1S/C13H22N2O2/c1-2-3-8-14-10-11-15(12-14)9-6-4-5-7-13(16)17/h10-12H,2-9H2,1H3. The molecule has 4 nitrogen and oxygen atoms in total. The van der Waals surface area contributed by atoms with E-state index in [4.69, 9.17) is 0 Å². The number of carboxylic acid groups (broad SMARTS) is 1. The van der Waals surface area contributed by atoms with Gasteiger partial charge in [-0.25, -0.2) is 9.13 Å². The lowest BCUT2D eigenvalue weighted by Crippen LogP contribution is -2.31. The van der Waals surface area contributed by atoms with Crippen LogP contribution in [0.3, 0.4) is 0 Å². The minimum atomic E-state index is -0.941. The van der Waals surface area contributed by atoms with E-state index in [0.717, 1.165) is 32.4 Å². The topological polar surface area (TPSA) is 48.9 Å². The molecule has 0 aliphatic rings. The minimum absolute atomic E-state index is 0.183. The summed E-state index contributed by atoms with van der Waals surface area (Å²) in [5, 5.41) is 10.2. The highest BCUT2D eigenvalue weighted by Crippen LogP contribution is 1.99. The van der Waals surface area contributed by atoms with Gasteiger partial charge in [-0.15, -0.1) is 0 Å². The third-order valence-electron chi connectivity index (χ3n) is 2.81. The molecule has 0 aliphatic carbocycles. The first-order chi connectivity index (χ1) is 8.22. The number of carbonyl (C=O) groups is 1. The Bertz CT molecular complexity index is 334. The van der Waals surface area contributed by atoms with Crippen LogP contribution in [0.5, 0.6) is 0 Å². The average molecular weight is 238 g/mol. The van der Waals surface area contributed by atoms with Crippen molar-refractivity contribution in [3.05, 3.63) is 18.7 Å². The van der Waals surface area contributed by atoms with Crippen molar-refractivity contribution in [1.29, 1.82) is 0 Å². The Labute approximate surface area is 103 Å². The molecular weight excluding hydrogens is 216 g/mol. The van der Waals surface area contributed by atoms with Crippen molar-refractivity contribution in [1.82, 2.24) is 4.57 Å². The molecule has 17 heavy (non-hydrogen) atoms. The van der Waals surface area contributed by atoms with Gasteiger partial charge in [-0.2, -0.15) is 0 Å². The molecule has 0 amide bonds. The predicted octanol–water partition coefficient (Wildman–Crippen LogP) is 0.886. The van der Waals surface area contributed by atoms with Crippen LogP contribution in [0.25, 0.3) is 0 Å². The Hall–Kier alpha value is -1.32. The van der Waals surface area contributed by atoms with Gasteiger partial charge < -0.3 is 9.90 Å². The SMILES string of the molecule is CCCCn1cc[n+](CCCCCC(=O)[O-])c1. The lowest BCUT2D eigenvalue weighted by atomic mass is 10.2. The lowest BCUT2D eigenvalue weighted by Gasteiger charge is -2.00. The Balaban J connectivity index is 2.14.